The fourth-order valence-electron chi connectivity index (χ4n) is 6.11. The van der Waals surface area contributed by atoms with Gasteiger partial charge >= 0.3 is 0 Å². The van der Waals surface area contributed by atoms with Crippen LogP contribution < -0.4 is 10.6 Å². The number of aliphatic hydroxyl groups is 2. The summed E-state index contributed by atoms with van der Waals surface area (Å²) in [7, 11) is 0. The third-order valence-corrected chi connectivity index (χ3v) is 8.29. The van der Waals surface area contributed by atoms with Crippen LogP contribution in [-0.2, 0) is 22.4 Å². The van der Waals surface area contributed by atoms with Gasteiger partial charge < -0.3 is 20.8 Å². The van der Waals surface area contributed by atoms with Crippen LogP contribution >= 0.6 is 0 Å². The third kappa shape index (κ3) is 7.65. The minimum atomic E-state index is -0.979. The van der Waals surface area contributed by atoms with Gasteiger partial charge in [-0.15, -0.1) is 0 Å². The molecule has 0 spiro atoms. The van der Waals surface area contributed by atoms with Crippen molar-refractivity contribution in [3.8, 4) is 0 Å². The van der Waals surface area contributed by atoms with E-state index < -0.39 is 35.1 Å². The van der Waals surface area contributed by atoms with Crippen LogP contribution in [0.2, 0.25) is 0 Å². The molecular formula is C31H42N2O4. The summed E-state index contributed by atoms with van der Waals surface area (Å²) in [5.74, 6) is -0.793. The van der Waals surface area contributed by atoms with Crippen molar-refractivity contribution < 1.29 is 19.8 Å². The van der Waals surface area contributed by atoms with Gasteiger partial charge in [0.1, 0.15) is 6.42 Å². The maximum Gasteiger partial charge on any atom is 0.229 e. The second kappa shape index (κ2) is 12.7. The first-order valence-electron chi connectivity index (χ1n) is 14.0. The molecule has 0 radical (unpaired) electrons. The van der Waals surface area contributed by atoms with Crippen molar-refractivity contribution in [1.29, 1.82) is 0 Å². The van der Waals surface area contributed by atoms with Gasteiger partial charge in [-0.3, -0.25) is 9.59 Å². The number of hydrogen-bond acceptors (Lipinski definition) is 4. The predicted octanol–water partition coefficient (Wildman–Crippen LogP) is 4.22. The van der Waals surface area contributed by atoms with Crippen molar-refractivity contribution in [3.05, 3.63) is 71.8 Å². The van der Waals surface area contributed by atoms with E-state index in [2.05, 4.69) is 10.6 Å². The van der Waals surface area contributed by atoms with Crippen molar-refractivity contribution in [2.75, 3.05) is 0 Å². The van der Waals surface area contributed by atoms with E-state index in [1.807, 2.05) is 60.7 Å². The van der Waals surface area contributed by atoms with Crippen LogP contribution in [0, 0.1) is 0 Å². The normalized spacial score (nSPS) is 20.4. The summed E-state index contributed by atoms with van der Waals surface area (Å²) in [6.07, 6.45) is 9.15. The van der Waals surface area contributed by atoms with Crippen LogP contribution in [0.1, 0.15) is 81.8 Å². The second-order valence-electron chi connectivity index (χ2n) is 11.1. The molecule has 200 valence electrons. The SMILES string of the molecule is O=C(CC(=O)N[C@H](Cc1ccccc1)C1(O)CCCCC1)N[C@H](Cc1ccccc1)C1(O)CCCCC1. The summed E-state index contributed by atoms with van der Waals surface area (Å²) in [6, 6.07) is 18.8. The van der Waals surface area contributed by atoms with Gasteiger partial charge in [-0.25, -0.2) is 0 Å². The molecule has 6 nitrogen and oxygen atoms in total. The standard InChI is InChI=1S/C31H42N2O4/c34-28(32-26(21-24-13-5-1-6-14-24)30(36)17-9-3-10-18-30)23-29(35)33-27(22-25-15-7-2-8-16-25)31(37)19-11-4-12-20-31/h1-2,5-8,13-16,26-27,36-37H,3-4,9-12,17-23H2,(H,32,34)(H,33,35)/t26-,27-/m1/s1. The van der Waals surface area contributed by atoms with Crippen LogP contribution in [0.4, 0.5) is 0 Å². The lowest BCUT2D eigenvalue weighted by Gasteiger charge is -2.40. The van der Waals surface area contributed by atoms with Crippen LogP contribution in [0.15, 0.2) is 60.7 Å². The summed E-state index contributed by atoms with van der Waals surface area (Å²) in [4.78, 5) is 26.2. The minimum absolute atomic E-state index is 0.331. The molecule has 4 N–H and O–H groups in total. The lowest BCUT2D eigenvalue weighted by molar-refractivity contribution is -0.133. The molecule has 0 aromatic heterocycles. The Kier molecular flexibility index (Phi) is 9.38. The van der Waals surface area contributed by atoms with E-state index in [0.717, 1.165) is 49.7 Å². The Morgan fingerprint density at radius 2 is 0.973 bits per heavy atom. The molecule has 2 aromatic rings. The van der Waals surface area contributed by atoms with Crippen molar-refractivity contribution in [1.82, 2.24) is 10.6 Å². The maximum atomic E-state index is 13.1. The summed E-state index contributed by atoms with van der Waals surface area (Å²) < 4.78 is 0. The summed E-state index contributed by atoms with van der Waals surface area (Å²) >= 11 is 0. The number of carbonyl (C=O) groups excluding carboxylic acids is 2. The summed E-state index contributed by atoms with van der Waals surface area (Å²) in [6.45, 7) is 0. The highest BCUT2D eigenvalue weighted by Gasteiger charge is 2.40. The average Bonchev–Trinajstić information content (AvgIpc) is 2.90. The van der Waals surface area contributed by atoms with Crippen molar-refractivity contribution in [2.45, 2.75) is 107 Å². The molecule has 0 bridgehead atoms. The molecule has 0 aliphatic heterocycles. The highest BCUT2D eigenvalue weighted by atomic mass is 16.3. The molecule has 2 aromatic carbocycles. The Labute approximate surface area is 220 Å². The van der Waals surface area contributed by atoms with E-state index in [0.29, 0.717) is 38.5 Å². The molecule has 2 fully saturated rings. The lowest BCUT2D eigenvalue weighted by Crippen LogP contribution is -2.57. The Hall–Kier alpha value is -2.70. The molecular weight excluding hydrogens is 464 g/mol. The number of rotatable bonds is 10. The molecule has 2 amide bonds. The molecule has 2 atom stereocenters. The van der Waals surface area contributed by atoms with Crippen molar-refractivity contribution >= 4 is 11.8 Å². The lowest BCUT2D eigenvalue weighted by atomic mass is 9.77. The second-order valence-corrected chi connectivity index (χ2v) is 11.1. The first kappa shape index (κ1) is 27.3. The maximum absolute atomic E-state index is 13.1. The average molecular weight is 507 g/mol. The van der Waals surface area contributed by atoms with Gasteiger partial charge in [-0.05, 0) is 49.7 Å². The number of benzene rings is 2. The predicted molar refractivity (Wildman–Crippen MR) is 145 cm³/mol. The molecule has 6 heteroatoms. The van der Waals surface area contributed by atoms with Crippen LogP contribution in [-0.4, -0.2) is 45.3 Å². The van der Waals surface area contributed by atoms with Gasteiger partial charge in [0.15, 0.2) is 0 Å². The smallest absolute Gasteiger partial charge is 0.229 e. The zero-order valence-electron chi connectivity index (χ0n) is 21.8. The molecule has 2 aliphatic rings. The quantitative estimate of drug-likeness (QED) is 0.363. The minimum Gasteiger partial charge on any atom is -0.388 e. The molecule has 0 unspecified atom stereocenters. The number of carbonyl (C=O) groups is 2. The zero-order valence-corrected chi connectivity index (χ0v) is 21.8. The first-order valence-corrected chi connectivity index (χ1v) is 14.0. The Bertz CT molecular complexity index is 917. The van der Waals surface area contributed by atoms with Gasteiger partial charge in [-0.1, -0.05) is 99.2 Å². The van der Waals surface area contributed by atoms with Gasteiger partial charge in [0, 0.05) is 0 Å². The van der Waals surface area contributed by atoms with Gasteiger partial charge in [0.05, 0.1) is 23.3 Å². The molecule has 0 saturated heterocycles. The van der Waals surface area contributed by atoms with E-state index in [4.69, 9.17) is 0 Å². The Morgan fingerprint density at radius 1 is 0.622 bits per heavy atom. The van der Waals surface area contributed by atoms with Gasteiger partial charge in [-0.2, -0.15) is 0 Å². The highest BCUT2D eigenvalue weighted by molar-refractivity contribution is 5.97. The van der Waals surface area contributed by atoms with E-state index in [1.165, 1.54) is 0 Å². The van der Waals surface area contributed by atoms with E-state index in [1.54, 1.807) is 0 Å². The van der Waals surface area contributed by atoms with Crippen molar-refractivity contribution in [3.63, 3.8) is 0 Å². The molecule has 0 heterocycles. The topological polar surface area (TPSA) is 98.7 Å². The number of amides is 2. The van der Waals surface area contributed by atoms with Crippen LogP contribution in [0.3, 0.4) is 0 Å². The largest absolute Gasteiger partial charge is 0.388 e. The van der Waals surface area contributed by atoms with E-state index in [-0.39, 0.29) is 6.42 Å². The van der Waals surface area contributed by atoms with Gasteiger partial charge in [0.25, 0.3) is 0 Å². The van der Waals surface area contributed by atoms with Crippen LogP contribution in [0.5, 0.6) is 0 Å². The van der Waals surface area contributed by atoms with Crippen LogP contribution in [0.25, 0.3) is 0 Å². The third-order valence-electron chi connectivity index (χ3n) is 8.29. The van der Waals surface area contributed by atoms with Crippen molar-refractivity contribution in [2.24, 2.45) is 0 Å². The first-order chi connectivity index (χ1) is 17.9. The number of hydrogen-bond donors (Lipinski definition) is 4. The fourth-order valence-corrected chi connectivity index (χ4v) is 6.11. The fraction of sp³-hybridized carbons (Fsp3) is 0.548. The van der Waals surface area contributed by atoms with Gasteiger partial charge in [0.2, 0.25) is 11.8 Å². The molecule has 37 heavy (non-hydrogen) atoms. The number of nitrogens with one attached hydrogen (secondary N) is 2. The van der Waals surface area contributed by atoms with E-state index in [9.17, 15) is 19.8 Å². The Balaban J connectivity index is 1.42. The highest BCUT2D eigenvalue weighted by Crippen LogP contribution is 2.34. The molecule has 2 aliphatic carbocycles. The molecule has 4 rings (SSSR count). The Morgan fingerprint density at radius 3 is 1.32 bits per heavy atom. The zero-order chi connectivity index (χ0) is 26.1. The van der Waals surface area contributed by atoms with E-state index >= 15 is 0 Å². The summed E-state index contributed by atoms with van der Waals surface area (Å²) in [5.41, 5.74) is 0.123. The monoisotopic (exact) mass is 506 g/mol. The summed E-state index contributed by atoms with van der Waals surface area (Å²) in [5, 5.41) is 28.9. The molecule has 2 saturated carbocycles.